The summed E-state index contributed by atoms with van der Waals surface area (Å²) in [6.07, 6.45) is 4.48. The van der Waals surface area contributed by atoms with Crippen molar-refractivity contribution in [3.05, 3.63) is 12.2 Å². The SMILES string of the molecule is CC=CC(C)(C)C(C)(C)C(C)(C)C. The number of allylic oxidation sites excluding steroid dienone is 2. The van der Waals surface area contributed by atoms with Crippen LogP contribution in [0.1, 0.15) is 55.4 Å². The van der Waals surface area contributed by atoms with E-state index in [2.05, 4.69) is 67.5 Å². The van der Waals surface area contributed by atoms with Gasteiger partial charge in [-0.15, -0.1) is 0 Å². The Kier molecular flexibility index (Phi) is 3.41. The molecular formula is C13H26. The average molecular weight is 182 g/mol. The fourth-order valence-electron chi connectivity index (χ4n) is 1.59. The van der Waals surface area contributed by atoms with Crippen LogP contribution in [0.15, 0.2) is 12.2 Å². The van der Waals surface area contributed by atoms with Crippen LogP contribution in [0.2, 0.25) is 0 Å². The maximum Gasteiger partial charge on any atom is -0.0119 e. The van der Waals surface area contributed by atoms with Gasteiger partial charge in [0.25, 0.3) is 0 Å². The maximum absolute atomic E-state index is 2.35. The molecule has 0 aliphatic rings. The lowest BCUT2D eigenvalue weighted by atomic mass is 9.55. The summed E-state index contributed by atoms with van der Waals surface area (Å²) >= 11 is 0. The Morgan fingerprint density at radius 3 is 1.38 bits per heavy atom. The normalized spacial score (nSPS) is 15.4. The van der Waals surface area contributed by atoms with Gasteiger partial charge in [-0.25, -0.2) is 0 Å². The summed E-state index contributed by atoms with van der Waals surface area (Å²) in [6, 6.07) is 0. The molecule has 0 amide bonds. The Balaban J connectivity index is 5.03. The fourth-order valence-corrected chi connectivity index (χ4v) is 1.59. The molecule has 0 nitrogen and oxygen atoms in total. The van der Waals surface area contributed by atoms with E-state index in [1.165, 1.54) is 0 Å². The van der Waals surface area contributed by atoms with Gasteiger partial charge in [-0.3, -0.25) is 0 Å². The largest absolute Gasteiger partial charge is 0.0911 e. The molecule has 0 spiro atoms. The van der Waals surface area contributed by atoms with Crippen LogP contribution in [-0.2, 0) is 0 Å². The van der Waals surface area contributed by atoms with Gasteiger partial charge in [0.15, 0.2) is 0 Å². The summed E-state index contributed by atoms with van der Waals surface area (Å²) in [7, 11) is 0. The minimum Gasteiger partial charge on any atom is -0.0911 e. The highest BCUT2D eigenvalue weighted by molar-refractivity contribution is 5.05. The summed E-state index contributed by atoms with van der Waals surface area (Å²) in [4.78, 5) is 0. The van der Waals surface area contributed by atoms with Crippen LogP contribution in [0.25, 0.3) is 0 Å². The van der Waals surface area contributed by atoms with Gasteiger partial charge >= 0.3 is 0 Å². The van der Waals surface area contributed by atoms with E-state index < -0.39 is 0 Å². The highest BCUT2D eigenvalue weighted by atomic mass is 14.5. The molecule has 0 radical (unpaired) electrons. The van der Waals surface area contributed by atoms with Crippen molar-refractivity contribution < 1.29 is 0 Å². The van der Waals surface area contributed by atoms with E-state index in [4.69, 9.17) is 0 Å². The molecule has 0 aliphatic carbocycles. The molecule has 78 valence electrons. The molecule has 0 rings (SSSR count). The van der Waals surface area contributed by atoms with E-state index in [9.17, 15) is 0 Å². The predicted molar refractivity (Wildman–Crippen MR) is 61.8 cm³/mol. The van der Waals surface area contributed by atoms with E-state index in [1.54, 1.807) is 0 Å². The Hall–Kier alpha value is -0.260. The molecule has 0 aromatic rings. The molecule has 0 N–H and O–H groups in total. The monoisotopic (exact) mass is 182 g/mol. The van der Waals surface area contributed by atoms with E-state index >= 15 is 0 Å². The van der Waals surface area contributed by atoms with E-state index in [0.717, 1.165) is 0 Å². The molecule has 0 bridgehead atoms. The Bertz CT molecular complexity index is 187. The van der Waals surface area contributed by atoms with Crippen molar-refractivity contribution in [1.29, 1.82) is 0 Å². The number of hydrogen-bond acceptors (Lipinski definition) is 0. The first-order valence-corrected chi connectivity index (χ1v) is 5.20. The molecule has 0 heteroatoms. The summed E-state index contributed by atoms with van der Waals surface area (Å²) < 4.78 is 0. The second-order valence-corrected chi connectivity index (χ2v) is 6.10. The van der Waals surface area contributed by atoms with Crippen molar-refractivity contribution in [2.75, 3.05) is 0 Å². The van der Waals surface area contributed by atoms with Gasteiger partial charge in [0.2, 0.25) is 0 Å². The topological polar surface area (TPSA) is 0 Å². The molecule has 0 atom stereocenters. The molecule has 0 aromatic carbocycles. The number of hydrogen-bond donors (Lipinski definition) is 0. The summed E-state index contributed by atoms with van der Waals surface area (Å²) in [5.74, 6) is 0. The third-order valence-corrected chi connectivity index (χ3v) is 4.07. The van der Waals surface area contributed by atoms with Crippen LogP contribution in [0.3, 0.4) is 0 Å². The zero-order valence-electron chi connectivity index (χ0n) is 10.7. The van der Waals surface area contributed by atoms with Gasteiger partial charge < -0.3 is 0 Å². The highest BCUT2D eigenvalue weighted by Crippen LogP contribution is 2.51. The summed E-state index contributed by atoms with van der Waals surface area (Å²) in [5.41, 5.74) is 0.877. The molecule has 0 saturated heterocycles. The van der Waals surface area contributed by atoms with Crippen molar-refractivity contribution in [3.63, 3.8) is 0 Å². The Morgan fingerprint density at radius 2 is 1.15 bits per heavy atom. The first kappa shape index (κ1) is 12.7. The highest BCUT2D eigenvalue weighted by Gasteiger charge is 2.43. The van der Waals surface area contributed by atoms with E-state index in [1.807, 2.05) is 0 Å². The van der Waals surface area contributed by atoms with Gasteiger partial charge in [0.1, 0.15) is 0 Å². The van der Waals surface area contributed by atoms with Crippen molar-refractivity contribution in [1.82, 2.24) is 0 Å². The van der Waals surface area contributed by atoms with Crippen LogP contribution in [0.4, 0.5) is 0 Å². The zero-order valence-corrected chi connectivity index (χ0v) is 10.7. The molecule has 0 fully saturated rings. The van der Waals surface area contributed by atoms with Gasteiger partial charge in [0.05, 0.1) is 0 Å². The molecule has 0 heterocycles. The van der Waals surface area contributed by atoms with Crippen molar-refractivity contribution in [3.8, 4) is 0 Å². The van der Waals surface area contributed by atoms with Gasteiger partial charge in [-0.1, -0.05) is 60.6 Å². The minimum atomic E-state index is 0.250. The van der Waals surface area contributed by atoms with Crippen LogP contribution in [-0.4, -0.2) is 0 Å². The average Bonchev–Trinajstić information content (AvgIpc) is 1.84. The van der Waals surface area contributed by atoms with Crippen molar-refractivity contribution >= 4 is 0 Å². The molecule has 0 unspecified atom stereocenters. The van der Waals surface area contributed by atoms with Gasteiger partial charge in [-0.2, -0.15) is 0 Å². The van der Waals surface area contributed by atoms with Crippen LogP contribution in [0, 0.1) is 16.2 Å². The first-order chi connectivity index (χ1) is 5.56. The lowest BCUT2D eigenvalue weighted by molar-refractivity contribution is 0.0254. The van der Waals surface area contributed by atoms with Crippen molar-refractivity contribution in [2.24, 2.45) is 16.2 Å². The summed E-state index contributed by atoms with van der Waals surface area (Å²) in [5, 5.41) is 0. The molecule has 0 aliphatic heterocycles. The van der Waals surface area contributed by atoms with Crippen LogP contribution < -0.4 is 0 Å². The van der Waals surface area contributed by atoms with E-state index in [-0.39, 0.29) is 5.41 Å². The molecule has 0 saturated carbocycles. The fraction of sp³-hybridized carbons (Fsp3) is 0.846. The van der Waals surface area contributed by atoms with Crippen LogP contribution >= 0.6 is 0 Å². The standard InChI is InChI=1S/C13H26/c1-9-10-12(5,6)13(7,8)11(2,3)4/h9-10H,1-8H3. The Labute approximate surface area is 84.4 Å². The Morgan fingerprint density at radius 1 is 0.769 bits per heavy atom. The smallest absolute Gasteiger partial charge is 0.0119 e. The third kappa shape index (κ3) is 2.36. The second-order valence-electron chi connectivity index (χ2n) is 6.10. The van der Waals surface area contributed by atoms with Crippen LogP contribution in [0.5, 0.6) is 0 Å². The van der Waals surface area contributed by atoms with Gasteiger partial charge in [-0.05, 0) is 23.2 Å². The predicted octanol–water partition coefficient (Wildman–Crippen LogP) is 4.66. The second kappa shape index (κ2) is 3.48. The molecule has 0 aromatic heterocycles. The summed E-state index contributed by atoms with van der Waals surface area (Å²) in [6.45, 7) is 18.4. The quantitative estimate of drug-likeness (QED) is 0.545. The first-order valence-electron chi connectivity index (χ1n) is 5.20. The van der Waals surface area contributed by atoms with E-state index in [0.29, 0.717) is 10.8 Å². The maximum atomic E-state index is 2.35. The van der Waals surface area contributed by atoms with Gasteiger partial charge in [0, 0.05) is 0 Å². The third-order valence-electron chi connectivity index (χ3n) is 4.07. The molecular weight excluding hydrogens is 156 g/mol. The molecule has 13 heavy (non-hydrogen) atoms. The van der Waals surface area contributed by atoms with Crippen molar-refractivity contribution in [2.45, 2.75) is 55.4 Å². The lowest BCUT2D eigenvalue weighted by Crippen LogP contribution is -2.41. The number of rotatable bonds is 2. The lowest BCUT2D eigenvalue weighted by Gasteiger charge is -2.49. The minimum absolute atomic E-state index is 0.250. The zero-order chi connectivity index (χ0) is 10.9.